The van der Waals surface area contributed by atoms with Crippen LogP contribution in [0.5, 0.6) is 0 Å². The van der Waals surface area contributed by atoms with Crippen LogP contribution in [0.25, 0.3) is 0 Å². The Morgan fingerprint density at radius 3 is 2.84 bits per heavy atom. The molecule has 0 spiro atoms. The molecule has 1 aromatic rings. The molecule has 0 aromatic carbocycles. The first-order valence-electron chi connectivity index (χ1n) is 6.68. The van der Waals surface area contributed by atoms with Gasteiger partial charge in [-0.2, -0.15) is 0 Å². The average molecular weight is 284 g/mol. The molecule has 0 saturated carbocycles. The maximum atomic E-state index is 10.9. The van der Waals surface area contributed by atoms with Gasteiger partial charge in [-0.3, -0.25) is 9.69 Å². The lowest BCUT2D eigenvalue weighted by Crippen LogP contribution is -2.35. The van der Waals surface area contributed by atoms with Crippen molar-refractivity contribution in [2.45, 2.75) is 32.7 Å². The van der Waals surface area contributed by atoms with Crippen molar-refractivity contribution in [3.05, 3.63) is 15.6 Å². The number of ether oxygens (including phenoxy) is 1. The Kier molecular flexibility index (Phi) is 5.30. The second-order valence-electron chi connectivity index (χ2n) is 4.69. The number of morpholine rings is 1. The van der Waals surface area contributed by atoms with Gasteiger partial charge < -0.3 is 9.84 Å². The van der Waals surface area contributed by atoms with Crippen molar-refractivity contribution >= 4 is 17.3 Å². The summed E-state index contributed by atoms with van der Waals surface area (Å²) in [7, 11) is 0. The summed E-state index contributed by atoms with van der Waals surface area (Å²) in [4.78, 5) is 18.7. The van der Waals surface area contributed by atoms with Gasteiger partial charge in [-0.25, -0.2) is 4.98 Å². The third kappa shape index (κ3) is 4.26. The quantitative estimate of drug-likeness (QED) is 0.859. The second kappa shape index (κ2) is 6.98. The maximum Gasteiger partial charge on any atom is 0.308 e. The predicted molar refractivity (Wildman–Crippen MR) is 73.5 cm³/mol. The maximum absolute atomic E-state index is 10.9. The van der Waals surface area contributed by atoms with E-state index < -0.39 is 5.97 Å². The molecule has 0 bridgehead atoms. The Morgan fingerprint density at radius 1 is 1.47 bits per heavy atom. The van der Waals surface area contributed by atoms with Gasteiger partial charge in [0.25, 0.3) is 0 Å². The van der Waals surface area contributed by atoms with E-state index in [1.54, 1.807) is 11.3 Å². The van der Waals surface area contributed by atoms with Gasteiger partial charge in [-0.1, -0.05) is 13.3 Å². The summed E-state index contributed by atoms with van der Waals surface area (Å²) < 4.78 is 5.32. The number of hydrogen-bond acceptors (Lipinski definition) is 5. The van der Waals surface area contributed by atoms with E-state index in [4.69, 9.17) is 9.84 Å². The van der Waals surface area contributed by atoms with Crippen LogP contribution < -0.4 is 0 Å². The molecule has 2 heterocycles. The van der Waals surface area contributed by atoms with E-state index in [-0.39, 0.29) is 6.42 Å². The van der Waals surface area contributed by atoms with E-state index in [2.05, 4.69) is 16.8 Å². The first-order chi connectivity index (χ1) is 9.19. The van der Waals surface area contributed by atoms with E-state index in [1.165, 1.54) is 0 Å². The SMILES string of the molecule is CCCc1nc(CN2CCOCC2)sc1CC(=O)O. The summed E-state index contributed by atoms with van der Waals surface area (Å²) in [5.41, 5.74) is 0.971. The highest BCUT2D eigenvalue weighted by Crippen LogP contribution is 2.22. The van der Waals surface area contributed by atoms with Crippen molar-refractivity contribution in [2.75, 3.05) is 26.3 Å². The molecular formula is C13H20N2O3S. The van der Waals surface area contributed by atoms with Crippen molar-refractivity contribution in [1.29, 1.82) is 0 Å². The van der Waals surface area contributed by atoms with Crippen LogP contribution in [0.1, 0.15) is 28.9 Å². The smallest absolute Gasteiger partial charge is 0.308 e. The zero-order chi connectivity index (χ0) is 13.7. The van der Waals surface area contributed by atoms with Gasteiger partial charge in [-0.15, -0.1) is 11.3 Å². The number of rotatable bonds is 6. The largest absolute Gasteiger partial charge is 0.481 e. The number of thiazole rings is 1. The number of aromatic nitrogens is 1. The molecule has 1 aliphatic heterocycles. The minimum absolute atomic E-state index is 0.0934. The predicted octanol–water partition coefficient (Wildman–Crippen LogP) is 1.55. The van der Waals surface area contributed by atoms with Gasteiger partial charge in [-0.05, 0) is 6.42 Å². The highest BCUT2D eigenvalue weighted by molar-refractivity contribution is 7.11. The molecule has 1 aromatic heterocycles. The highest BCUT2D eigenvalue weighted by atomic mass is 32.1. The van der Waals surface area contributed by atoms with Crippen LogP contribution in [-0.4, -0.2) is 47.3 Å². The van der Waals surface area contributed by atoms with E-state index in [1.807, 2.05) is 0 Å². The minimum Gasteiger partial charge on any atom is -0.481 e. The number of aryl methyl sites for hydroxylation is 1. The Morgan fingerprint density at radius 2 is 2.21 bits per heavy atom. The Labute approximate surface area is 117 Å². The van der Waals surface area contributed by atoms with Crippen LogP contribution in [0.4, 0.5) is 0 Å². The topological polar surface area (TPSA) is 62.7 Å². The molecule has 2 rings (SSSR count). The van der Waals surface area contributed by atoms with E-state index in [0.717, 1.165) is 61.3 Å². The number of carboxylic acids is 1. The van der Waals surface area contributed by atoms with Crippen LogP contribution in [0.2, 0.25) is 0 Å². The number of carbonyl (C=O) groups is 1. The molecule has 0 unspecified atom stereocenters. The first kappa shape index (κ1) is 14.4. The molecule has 106 valence electrons. The zero-order valence-corrected chi connectivity index (χ0v) is 12.0. The van der Waals surface area contributed by atoms with Gasteiger partial charge in [0, 0.05) is 18.0 Å². The van der Waals surface area contributed by atoms with E-state index in [0.29, 0.717) is 0 Å². The average Bonchev–Trinajstić information content (AvgIpc) is 2.72. The molecular weight excluding hydrogens is 264 g/mol. The fourth-order valence-corrected chi connectivity index (χ4v) is 3.31. The molecule has 6 heteroatoms. The summed E-state index contributed by atoms with van der Waals surface area (Å²) in [5.74, 6) is -0.779. The fraction of sp³-hybridized carbons (Fsp3) is 0.692. The number of hydrogen-bond donors (Lipinski definition) is 1. The van der Waals surface area contributed by atoms with E-state index in [9.17, 15) is 4.79 Å². The number of nitrogens with zero attached hydrogens (tertiary/aromatic N) is 2. The summed E-state index contributed by atoms with van der Waals surface area (Å²) in [6, 6.07) is 0. The third-order valence-electron chi connectivity index (χ3n) is 3.08. The van der Waals surface area contributed by atoms with E-state index >= 15 is 0 Å². The minimum atomic E-state index is -0.779. The first-order valence-corrected chi connectivity index (χ1v) is 7.50. The molecule has 1 aliphatic rings. The summed E-state index contributed by atoms with van der Waals surface area (Å²) >= 11 is 1.55. The second-order valence-corrected chi connectivity index (χ2v) is 5.85. The van der Waals surface area contributed by atoms with Crippen LogP contribution >= 0.6 is 11.3 Å². The van der Waals surface area contributed by atoms with Gasteiger partial charge >= 0.3 is 5.97 Å². The van der Waals surface area contributed by atoms with Crippen LogP contribution in [0.15, 0.2) is 0 Å². The van der Waals surface area contributed by atoms with Gasteiger partial charge in [0.2, 0.25) is 0 Å². The Bertz CT molecular complexity index is 428. The molecule has 19 heavy (non-hydrogen) atoms. The summed E-state index contributed by atoms with van der Waals surface area (Å²) in [5, 5.41) is 9.97. The lowest BCUT2D eigenvalue weighted by atomic mass is 10.2. The number of carboxylic acid groups (broad SMARTS) is 1. The summed E-state index contributed by atoms with van der Waals surface area (Å²) in [6.45, 7) is 6.30. The van der Waals surface area contributed by atoms with Gasteiger partial charge in [0.15, 0.2) is 0 Å². The van der Waals surface area contributed by atoms with Crippen molar-refractivity contribution in [1.82, 2.24) is 9.88 Å². The Balaban J connectivity index is 2.05. The zero-order valence-electron chi connectivity index (χ0n) is 11.2. The van der Waals surface area contributed by atoms with Crippen molar-refractivity contribution < 1.29 is 14.6 Å². The molecule has 5 nitrogen and oxygen atoms in total. The Hall–Kier alpha value is -0.980. The van der Waals surface area contributed by atoms with Gasteiger partial charge in [0.05, 0.1) is 31.9 Å². The van der Waals surface area contributed by atoms with Gasteiger partial charge in [0.1, 0.15) is 5.01 Å². The van der Waals surface area contributed by atoms with Crippen molar-refractivity contribution in [2.24, 2.45) is 0 Å². The van der Waals surface area contributed by atoms with Crippen molar-refractivity contribution in [3.63, 3.8) is 0 Å². The highest BCUT2D eigenvalue weighted by Gasteiger charge is 2.17. The molecule has 0 atom stereocenters. The number of aliphatic carboxylic acids is 1. The standard InChI is InChI=1S/C13H20N2O3S/c1-2-3-10-11(8-13(16)17)19-12(14-10)9-15-4-6-18-7-5-15/h2-9H2,1H3,(H,16,17). The molecule has 0 radical (unpaired) electrons. The molecule has 1 fully saturated rings. The third-order valence-corrected chi connectivity index (χ3v) is 4.17. The normalized spacial score (nSPS) is 16.7. The van der Waals surface area contributed by atoms with Crippen LogP contribution in [0.3, 0.4) is 0 Å². The van der Waals surface area contributed by atoms with Crippen LogP contribution in [0, 0.1) is 0 Å². The van der Waals surface area contributed by atoms with Crippen molar-refractivity contribution in [3.8, 4) is 0 Å². The lowest BCUT2D eigenvalue weighted by molar-refractivity contribution is -0.136. The fourth-order valence-electron chi connectivity index (χ4n) is 2.16. The monoisotopic (exact) mass is 284 g/mol. The molecule has 1 saturated heterocycles. The molecule has 1 N–H and O–H groups in total. The van der Waals surface area contributed by atoms with Crippen LogP contribution in [-0.2, 0) is 28.9 Å². The lowest BCUT2D eigenvalue weighted by Gasteiger charge is -2.25. The molecule has 0 aliphatic carbocycles. The molecule has 0 amide bonds. The summed E-state index contributed by atoms with van der Waals surface area (Å²) in [6.07, 6.45) is 1.95.